The molecule has 0 aliphatic carbocycles. The first-order valence-corrected chi connectivity index (χ1v) is 6.68. The van der Waals surface area contributed by atoms with Crippen molar-refractivity contribution >= 4 is 44.8 Å². The Morgan fingerprint density at radius 1 is 1.21 bits per heavy atom. The number of halogens is 3. The van der Waals surface area contributed by atoms with Crippen LogP contribution in [0, 0.1) is 0 Å². The van der Waals surface area contributed by atoms with Crippen LogP contribution < -0.4 is 15.2 Å². The molecule has 1 aromatic carbocycles. The van der Waals surface area contributed by atoms with Gasteiger partial charge in [-0.15, -0.1) is 0 Å². The summed E-state index contributed by atoms with van der Waals surface area (Å²) in [6.07, 6.45) is 0. The number of hydrogen-bond acceptors (Lipinski definition) is 4. The van der Waals surface area contributed by atoms with Gasteiger partial charge in [-0.1, -0.05) is 23.2 Å². The second-order valence-corrected chi connectivity index (χ2v) is 5.22. The Labute approximate surface area is 128 Å². The number of hydrogen-bond donors (Lipinski definition) is 1. The highest BCUT2D eigenvalue weighted by Gasteiger charge is 2.13. The van der Waals surface area contributed by atoms with E-state index >= 15 is 0 Å². The Kier molecular flexibility index (Phi) is 4.39. The second-order valence-electron chi connectivity index (χ2n) is 3.59. The number of benzene rings is 1. The SMILES string of the molecule is COc1nc(Br)cc(Oc2cc(N)cc(Cl)c2)c1Cl. The molecular formula is C12H9BrCl2N2O2. The first-order chi connectivity index (χ1) is 8.99. The van der Waals surface area contributed by atoms with Crippen LogP contribution in [0.3, 0.4) is 0 Å². The van der Waals surface area contributed by atoms with Crippen LogP contribution in [0.1, 0.15) is 0 Å². The van der Waals surface area contributed by atoms with Crippen molar-refractivity contribution in [2.45, 2.75) is 0 Å². The van der Waals surface area contributed by atoms with Crippen LogP contribution in [0.4, 0.5) is 5.69 Å². The molecule has 2 rings (SSSR count). The lowest BCUT2D eigenvalue weighted by Crippen LogP contribution is -1.94. The molecule has 2 aromatic rings. The van der Waals surface area contributed by atoms with E-state index in [1.165, 1.54) is 7.11 Å². The smallest absolute Gasteiger partial charge is 0.237 e. The number of methoxy groups -OCH3 is 1. The fourth-order valence-electron chi connectivity index (χ4n) is 1.44. The average Bonchev–Trinajstić information content (AvgIpc) is 2.32. The molecule has 100 valence electrons. The summed E-state index contributed by atoms with van der Waals surface area (Å²) < 4.78 is 11.2. The molecule has 0 amide bonds. The van der Waals surface area contributed by atoms with Crippen molar-refractivity contribution in [3.8, 4) is 17.4 Å². The summed E-state index contributed by atoms with van der Waals surface area (Å²) in [5.41, 5.74) is 6.19. The van der Waals surface area contributed by atoms with Crippen molar-refractivity contribution in [2.24, 2.45) is 0 Å². The van der Waals surface area contributed by atoms with Gasteiger partial charge in [0, 0.05) is 22.8 Å². The van der Waals surface area contributed by atoms with Gasteiger partial charge < -0.3 is 15.2 Å². The first kappa shape index (κ1) is 14.2. The molecule has 7 heteroatoms. The maximum absolute atomic E-state index is 6.11. The van der Waals surface area contributed by atoms with E-state index in [2.05, 4.69) is 20.9 Å². The quantitative estimate of drug-likeness (QED) is 0.642. The topological polar surface area (TPSA) is 57.4 Å². The van der Waals surface area contributed by atoms with E-state index < -0.39 is 0 Å². The zero-order valence-corrected chi connectivity index (χ0v) is 12.9. The van der Waals surface area contributed by atoms with E-state index in [1.807, 2.05) is 0 Å². The van der Waals surface area contributed by atoms with Gasteiger partial charge in [-0.2, -0.15) is 0 Å². The normalized spacial score (nSPS) is 10.3. The molecule has 1 heterocycles. The second kappa shape index (κ2) is 5.86. The zero-order chi connectivity index (χ0) is 14.0. The largest absolute Gasteiger partial charge is 0.480 e. The summed E-state index contributed by atoms with van der Waals surface area (Å²) in [6, 6.07) is 6.53. The summed E-state index contributed by atoms with van der Waals surface area (Å²) in [4.78, 5) is 4.06. The Morgan fingerprint density at radius 3 is 2.58 bits per heavy atom. The number of nitrogens with two attached hydrogens (primary N) is 1. The Bertz CT molecular complexity index is 603. The highest BCUT2D eigenvalue weighted by molar-refractivity contribution is 9.10. The van der Waals surface area contributed by atoms with Crippen molar-refractivity contribution in [1.29, 1.82) is 0 Å². The van der Waals surface area contributed by atoms with Crippen LogP contribution in [0.5, 0.6) is 17.4 Å². The summed E-state index contributed by atoms with van der Waals surface area (Å²) in [7, 11) is 1.47. The molecular weight excluding hydrogens is 355 g/mol. The summed E-state index contributed by atoms with van der Waals surface area (Å²) >= 11 is 15.3. The predicted molar refractivity (Wildman–Crippen MR) is 79.4 cm³/mol. The molecule has 1 aromatic heterocycles. The van der Waals surface area contributed by atoms with E-state index in [0.29, 0.717) is 26.8 Å². The van der Waals surface area contributed by atoms with Crippen LogP contribution in [-0.4, -0.2) is 12.1 Å². The van der Waals surface area contributed by atoms with Gasteiger partial charge in [0.1, 0.15) is 15.4 Å². The molecule has 0 atom stereocenters. The lowest BCUT2D eigenvalue weighted by molar-refractivity contribution is 0.391. The Hall–Kier alpha value is -1.17. The van der Waals surface area contributed by atoms with Crippen LogP contribution in [0.2, 0.25) is 10.0 Å². The van der Waals surface area contributed by atoms with Gasteiger partial charge in [-0.3, -0.25) is 0 Å². The number of rotatable bonds is 3. The molecule has 0 unspecified atom stereocenters. The van der Waals surface area contributed by atoms with Crippen LogP contribution in [-0.2, 0) is 0 Å². The summed E-state index contributed by atoms with van der Waals surface area (Å²) in [5.74, 6) is 1.13. The Morgan fingerprint density at radius 2 is 1.95 bits per heavy atom. The number of aromatic nitrogens is 1. The third kappa shape index (κ3) is 3.43. The maximum Gasteiger partial charge on any atom is 0.237 e. The van der Waals surface area contributed by atoms with Gasteiger partial charge in [0.05, 0.1) is 7.11 Å². The van der Waals surface area contributed by atoms with Gasteiger partial charge in [0.2, 0.25) is 5.88 Å². The van der Waals surface area contributed by atoms with Gasteiger partial charge in [0.25, 0.3) is 0 Å². The lowest BCUT2D eigenvalue weighted by Gasteiger charge is -2.11. The standard InChI is InChI=1S/C12H9BrCl2N2O2/c1-18-12-11(15)9(5-10(13)17-12)19-8-3-6(14)2-7(16)4-8/h2-5H,16H2,1H3. The number of pyridine rings is 1. The van der Waals surface area contributed by atoms with E-state index in [4.69, 9.17) is 38.4 Å². The highest BCUT2D eigenvalue weighted by Crippen LogP contribution is 2.38. The summed E-state index contributed by atoms with van der Waals surface area (Å²) in [5, 5.41) is 0.746. The minimum atomic E-state index is 0.265. The minimum Gasteiger partial charge on any atom is -0.480 e. The van der Waals surface area contributed by atoms with Crippen LogP contribution in [0.25, 0.3) is 0 Å². The average molecular weight is 364 g/mol. The number of anilines is 1. The van der Waals surface area contributed by atoms with Gasteiger partial charge in [-0.05, 0) is 28.1 Å². The molecule has 0 aliphatic rings. The van der Waals surface area contributed by atoms with Crippen molar-refractivity contribution in [3.63, 3.8) is 0 Å². The molecule has 0 fully saturated rings. The fourth-order valence-corrected chi connectivity index (χ4v) is 2.25. The minimum absolute atomic E-state index is 0.265. The monoisotopic (exact) mass is 362 g/mol. The molecule has 19 heavy (non-hydrogen) atoms. The van der Waals surface area contributed by atoms with Crippen molar-refractivity contribution in [1.82, 2.24) is 4.98 Å². The predicted octanol–water partition coefficient (Wildman–Crippen LogP) is 4.53. The van der Waals surface area contributed by atoms with Crippen molar-refractivity contribution in [3.05, 3.63) is 38.9 Å². The molecule has 0 bridgehead atoms. The van der Waals surface area contributed by atoms with Crippen molar-refractivity contribution < 1.29 is 9.47 Å². The van der Waals surface area contributed by atoms with Gasteiger partial charge in [-0.25, -0.2) is 4.98 Å². The van der Waals surface area contributed by atoms with E-state index in [0.717, 1.165) is 0 Å². The lowest BCUT2D eigenvalue weighted by atomic mass is 10.3. The van der Waals surface area contributed by atoms with E-state index in [1.54, 1.807) is 24.3 Å². The van der Waals surface area contributed by atoms with Gasteiger partial charge >= 0.3 is 0 Å². The highest BCUT2D eigenvalue weighted by atomic mass is 79.9. The first-order valence-electron chi connectivity index (χ1n) is 5.13. The maximum atomic E-state index is 6.11. The molecule has 0 saturated heterocycles. The number of nitrogen functional groups attached to an aromatic ring is 1. The van der Waals surface area contributed by atoms with Crippen LogP contribution in [0.15, 0.2) is 28.9 Å². The third-order valence-corrected chi connectivity index (χ3v) is 3.15. The molecule has 0 radical (unpaired) electrons. The summed E-state index contributed by atoms with van der Waals surface area (Å²) in [6.45, 7) is 0. The number of nitrogens with zero attached hydrogens (tertiary/aromatic N) is 1. The molecule has 0 spiro atoms. The van der Waals surface area contributed by atoms with Crippen molar-refractivity contribution in [2.75, 3.05) is 12.8 Å². The van der Waals surface area contributed by atoms with Crippen LogP contribution >= 0.6 is 39.1 Å². The molecule has 0 aliphatic heterocycles. The third-order valence-electron chi connectivity index (χ3n) is 2.18. The molecule has 0 saturated carbocycles. The van der Waals surface area contributed by atoms with Gasteiger partial charge in [0.15, 0.2) is 5.75 Å². The Balaban J connectivity index is 2.40. The molecule has 2 N–H and O–H groups in total. The zero-order valence-electron chi connectivity index (χ0n) is 9.78. The number of ether oxygens (including phenoxy) is 2. The van der Waals surface area contributed by atoms with E-state index in [-0.39, 0.29) is 10.9 Å². The molecule has 4 nitrogen and oxygen atoms in total. The van der Waals surface area contributed by atoms with E-state index in [9.17, 15) is 0 Å². The fraction of sp³-hybridized carbons (Fsp3) is 0.0833.